The molecule has 1 aliphatic heterocycles. The van der Waals surface area contributed by atoms with E-state index in [2.05, 4.69) is 9.97 Å². The Morgan fingerprint density at radius 2 is 2.12 bits per heavy atom. The van der Waals surface area contributed by atoms with Gasteiger partial charge in [0.1, 0.15) is 17.4 Å². The molecule has 0 saturated heterocycles. The molecule has 0 saturated carbocycles. The van der Waals surface area contributed by atoms with E-state index in [1.165, 1.54) is 19.9 Å². The third-order valence-corrected chi connectivity index (χ3v) is 4.72. The lowest BCUT2D eigenvalue weighted by Gasteiger charge is -2.30. The molecule has 25 heavy (non-hydrogen) atoms. The number of aliphatic hydroxyl groups is 1. The highest BCUT2D eigenvalue weighted by atomic mass is 32.2. The maximum absolute atomic E-state index is 11.9. The molecule has 0 unspecified atom stereocenters. The molecule has 0 atom stereocenters. The fourth-order valence-electron chi connectivity index (χ4n) is 2.36. The van der Waals surface area contributed by atoms with Gasteiger partial charge in [-0.3, -0.25) is 9.69 Å². The van der Waals surface area contributed by atoms with Gasteiger partial charge in [-0.1, -0.05) is 23.9 Å². The summed E-state index contributed by atoms with van der Waals surface area (Å²) < 4.78 is 5.32. The van der Waals surface area contributed by atoms with Gasteiger partial charge in [0.05, 0.1) is 5.69 Å². The summed E-state index contributed by atoms with van der Waals surface area (Å²) in [7, 11) is 1.63. The number of nitrogens with zero attached hydrogens (tertiary/aromatic N) is 3. The van der Waals surface area contributed by atoms with Crippen LogP contribution in [0.3, 0.4) is 0 Å². The van der Waals surface area contributed by atoms with Crippen LogP contribution in [0.15, 0.2) is 46.6 Å². The summed E-state index contributed by atoms with van der Waals surface area (Å²) in [5, 5.41) is 10.6. The van der Waals surface area contributed by atoms with Gasteiger partial charge >= 0.3 is 0 Å². The van der Waals surface area contributed by atoms with Gasteiger partial charge in [0.25, 0.3) is 0 Å². The Morgan fingerprint density at radius 3 is 2.84 bits per heavy atom. The Morgan fingerprint density at radius 1 is 1.36 bits per heavy atom. The number of benzene rings is 1. The number of hydrogen-bond donors (Lipinski definition) is 1. The van der Waals surface area contributed by atoms with Gasteiger partial charge in [0, 0.05) is 24.4 Å². The van der Waals surface area contributed by atoms with Crippen LogP contribution in [0.5, 0.6) is 0 Å². The van der Waals surface area contributed by atoms with E-state index in [0.29, 0.717) is 6.73 Å². The average molecular weight is 357 g/mol. The fraction of sp³-hybridized carbons (Fsp3) is 0.278. The second-order valence-corrected chi connectivity index (χ2v) is 7.15. The van der Waals surface area contributed by atoms with Crippen molar-refractivity contribution < 1.29 is 14.6 Å². The van der Waals surface area contributed by atoms with Crippen molar-refractivity contribution in [1.82, 2.24) is 9.97 Å². The van der Waals surface area contributed by atoms with E-state index < -0.39 is 5.60 Å². The summed E-state index contributed by atoms with van der Waals surface area (Å²) in [6, 6.07) is 5.87. The van der Waals surface area contributed by atoms with Crippen LogP contribution in [-0.2, 0) is 9.53 Å². The molecule has 0 fully saturated rings. The monoisotopic (exact) mass is 357 g/mol. The van der Waals surface area contributed by atoms with E-state index in [1.807, 2.05) is 23.1 Å². The minimum Gasteiger partial charge on any atom is -0.382 e. The van der Waals surface area contributed by atoms with Crippen molar-refractivity contribution in [1.29, 1.82) is 0 Å². The molecule has 0 radical (unpaired) electrons. The van der Waals surface area contributed by atoms with Gasteiger partial charge in [0.15, 0.2) is 11.6 Å². The predicted octanol–water partition coefficient (Wildman–Crippen LogP) is 3.04. The Bertz CT molecular complexity index is 831. The SMILES string of the molecule is COCN1c2cc(/C=C/C(=O)C(C)(C)O)ccc2Sc2nccnc21. The Labute approximate surface area is 150 Å². The van der Waals surface area contributed by atoms with E-state index in [9.17, 15) is 9.90 Å². The number of methoxy groups -OCH3 is 1. The maximum Gasteiger partial charge on any atom is 0.186 e. The number of aromatic nitrogens is 2. The first kappa shape index (κ1) is 17.6. The largest absolute Gasteiger partial charge is 0.382 e. The second kappa shape index (κ2) is 6.95. The normalized spacial score (nSPS) is 13.7. The number of carbonyl (C=O) groups excluding carboxylic acids is 1. The predicted molar refractivity (Wildman–Crippen MR) is 97.0 cm³/mol. The molecule has 0 amide bonds. The molecule has 1 aromatic heterocycles. The minimum atomic E-state index is -1.38. The highest BCUT2D eigenvalue weighted by Gasteiger charge is 2.26. The molecule has 3 rings (SSSR count). The maximum atomic E-state index is 11.9. The quantitative estimate of drug-likeness (QED) is 0.824. The summed E-state index contributed by atoms with van der Waals surface area (Å²) in [6.45, 7) is 3.28. The molecule has 130 valence electrons. The summed E-state index contributed by atoms with van der Waals surface area (Å²) in [5.41, 5.74) is 0.417. The lowest BCUT2D eigenvalue weighted by Crippen LogP contribution is -2.29. The molecule has 1 aliphatic rings. The van der Waals surface area contributed by atoms with Gasteiger partial charge in [0.2, 0.25) is 0 Å². The fourth-order valence-corrected chi connectivity index (χ4v) is 3.35. The summed E-state index contributed by atoms with van der Waals surface area (Å²) >= 11 is 1.55. The van der Waals surface area contributed by atoms with E-state index in [0.717, 1.165) is 27.0 Å². The number of hydrogen-bond acceptors (Lipinski definition) is 7. The highest BCUT2D eigenvalue weighted by Crippen LogP contribution is 2.46. The molecule has 2 aromatic rings. The summed E-state index contributed by atoms with van der Waals surface area (Å²) in [5.74, 6) is 0.403. The Kier molecular flexibility index (Phi) is 4.89. The van der Waals surface area contributed by atoms with Crippen molar-refractivity contribution in [3.05, 3.63) is 42.2 Å². The van der Waals surface area contributed by atoms with Crippen molar-refractivity contribution in [2.45, 2.75) is 29.4 Å². The lowest BCUT2D eigenvalue weighted by molar-refractivity contribution is -0.128. The molecule has 1 N–H and O–H groups in total. The van der Waals surface area contributed by atoms with Crippen LogP contribution in [0.25, 0.3) is 6.08 Å². The van der Waals surface area contributed by atoms with E-state index in [1.54, 1.807) is 37.3 Å². The first-order chi connectivity index (χ1) is 11.9. The molecule has 2 heterocycles. The first-order valence-electron chi connectivity index (χ1n) is 7.74. The smallest absolute Gasteiger partial charge is 0.186 e. The van der Waals surface area contributed by atoms with Crippen molar-refractivity contribution in [2.24, 2.45) is 0 Å². The number of ether oxygens (including phenoxy) is 1. The second-order valence-electron chi connectivity index (χ2n) is 6.12. The van der Waals surface area contributed by atoms with Gasteiger partial charge < -0.3 is 9.84 Å². The molecule has 0 bridgehead atoms. The van der Waals surface area contributed by atoms with Crippen molar-refractivity contribution in [3.63, 3.8) is 0 Å². The molecule has 6 nitrogen and oxygen atoms in total. The molecule has 1 aromatic carbocycles. The highest BCUT2D eigenvalue weighted by molar-refractivity contribution is 7.99. The summed E-state index contributed by atoms with van der Waals surface area (Å²) in [4.78, 5) is 23.6. The molecule has 0 aliphatic carbocycles. The Hall–Kier alpha value is -2.22. The standard InChI is InChI=1S/C18H19N3O3S/c1-18(2,23)15(22)7-5-12-4-6-14-13(10-12)21(11-24-3)16-17(25-14)20-9-8-19-16/h4-10,23H,11H2,1-3H3/b7-5+. The van der Waals surface area contributed by atoms with E-state index in [4.69, 9.17) is 4.74 Å². The molecular formula is C18H19N3O3S. The van der Waals surface area contributed by atoms with Gasteiger partial charge in [-0.05, 0) is 37.6 Å². The number of anilines is 2. The topological polar surface area (TPSA) is 75.5 Å². The van der Waals surface area contributed by atoms with Gasteiger partial charge in [-0.25, -0.2) is 9.97 Å². The van der Waals surface area contributed by atoms with Crippen LogP contribution in [0, 0.1) is 0 Å². The zero-order chi connectivity index (χ0) is 18.0. The summed E-state index contributed by atoms with van der Waals surface area (Å²) in [6.07, 6.45) is 6.41. The van der Waals surface area contributed by atoms with Crippen molar-refractivity contribution in [2.75, 3.05) is 18.7 Å². The Balaban J connectivity index is 1.96. The molecule has 0 spiro atoms. The first-order valence-corrected chi connectivity index (χ1v) is 8.56. The van der Waals surface area contributed by atoms with E-state index in [-0.39, 0.29) is 5.78 Å². The lowest BCUT2D eigenvalue weighted by atomic mass is 10.0. The van der Waals surface area contributed by atoms with Crippen LogP contribution < -0.4 is 4.90 Å². The third kappa shape index (κ3) is 3.73. The molecular weight excluding hydrogens is 338 g/mol. The van der Waals surface area contributed by atoms with Crippen LogP contribution in [0.2, 0.25) is 0 Å². The van der Waals surface area contributed by atoms with Crippen LogP contribution in [-0.4, -0.2) is 40.3 Å². The van der Waals surface area contributed by atoms with E-state index >= 15 is 0 Å². The van der Waals surface area contributed by atoms with Crippen molar-refractivity contribution >= 4 is 35.1 Å². The number of carbonyl (C=O) groups is 1. The number of fused-ring (bicyclic) bond motifs is 2. The average Bonchev–Trinajstić information content (AvgIpc) is 2.58. The molecule has 7 heteroatoms. The van der Waals surface area contributed by atoms with Crippen LogP contribution in [0.1, 0.15) is 19.4 Å². The number of ketones is 1. The zero-order valence-electron chi connectivity index (χ0n) is 14.3. The van der Waals surface area contributed by atoms with Crippen LogP contribution in [0.4, 0.5) is 11.5 Å². The van der Waals surface area contributed by atoms with Gasteiger partial charge in [-0.2, -0.15) is 0 Å². The minimum absolute atomic E-state index is 0.342. The van der Waals surface area contributed by atoms with Crippen LogP contribution >= 0.6 is 11.8 Å². The number of rotatable bonds is 5. The zero-order valence-corrected chi connectivity index (χ0v) is 15.1. The third-order valence-electron chi connectivity index (χ3n) is 3.67. The van der Waals surface area contributed by atoms with Crippen molar-refractivity contribution in [3.8, 4) is 0 Å². The van der Waals surface area contributed by atoms with Gasteiger partial charge in [-0.15, -0.1) is 0 Å².